The van der Waals surface area contributed by atoms with Crippen LogP contribution >= 0.6 is 12.2 Å². The highest BCUT2D eigenvalue weighted by molar-refractivity contribution is 7.91. The van der Waals surface area contributed by atoms with Crippen LogP contribution in [-0.4, -0.2) is 27.7 Å². The predicted octanol–water partition coefficient (Wildman–Crippen LogP) is 5.85. The zero-order chi connectivity index (χ0) is 21.1. The average molecular weight is 416 g/mol. The van der Waals surface area contributed by atoms with E-state index in [0.717, 1.165) is 22.3 Å². The Labute approximate surface area is 177 Å². The molecule has 0 aromatic heterocycles. The highest BCUT2D eigenvalue weighted by Gasteiger charge is 2.26. The van der Waals surface area contributed by atoms with Crippen LogP contribution in [0.3, 0.4) is 0 Å². The zero-order valence-corrected chi connectivity index (χ0v) is 19.3. The molecule has 2 aromatic carbocycles. The van der Waals surface area contributed by atoms with Crippen molar-refractivity contribution >= 4 is 34.8 Å². The lowest BCUT2D eigenvalue weighted by Crippen LogP contribution is -2.25. The number of thiocarbonyl (C=S) groups is 1. The van der Waals surface area contributed by atoms with E-state index in [1.54, 1.807) is 13.3 Å². The van der Waals surface area contributed by atoms with Crippen molar-refractivity contribution in [1.29, 1.82) is 0 Å². The van der Waals surface area contributed by atoms with E-state index in [-0.39, 0.29) is 5.41 Å². The highest BCUT2D eigenvalue weighted by atomic mass is 32.2. The number of hydrogen-bond acceptors (Lipinski definition) is 4. The summed E-state index contributed by atoms with van der Waals surface area (Å²) in [5, 5.41) is 0.441. The van der Waals surface area contributed by atoms with Crippen molar-refractivity contribution in [2.45, 2.75) is 51.7 Å². The van der Waals surface area contributed by atoms with E-state index in [9.17, 15) is 4.55 Å². The molecule has 0 heterocycles. The van der Waals surface area contributed by atoms with Crippen molar-refractivity contribution < 1.29 is 9.29 Å². The molecule has 0 N–H and O–H groups in total. The first-order chi connectivity index (χ1) is 12.9. The van der Waals surface area contributed by atoms with E-state index >= 15 is 0 Å². The fourth-order valence-electron chi connectivity index (χ4n) is 2.65. The van der Waals surface area contributed by atoms with E-state index in [4.69, 9.17) is 17.0 Å². The number of ether oxygens (including phenoxy) is 1. The quantitative estimate of drug-likeness (QED) is 0.357. The Balaban J connectivity index is 2.66. The summed E-state index contributed by atoms with van der Waals surface area (Å²) >= 11 is 4.06. The van der Waals surface area contributed by atoms with Gasteiger partial charge < -0.3 is 9.29 Å². The summed E-state index contributed by atoms with van der Waals surface area (Å²) in [6.45, 7) is 12.3. The van der Waals surface area contributed by atoms with Gasteiger partial charge in [-0.15, -0.1) is 0 Å². The molecule has 2 aromatic rings. The first-order valence-corrected chi connectivity index (χ1v) is 10.7. The van der Waals surface area contributed by atoms with Gasteiger partial charge in [-0.05, 0) is 67.2 Å². The van der Waals surface area contributed by atoms with E-state index in [1.807, 2.05) is 45.0 Å². The van der Waals surface area contributed by atoms with Crippen LogP contribution in [0, 0.1) is 0 Å². The number of methoxy groups -OCH3 is 1. The Bertz CT molecular complexity index is 877. The van der Waals surface area contributed by atoms with Gasteiger partial charge in [0, 0.05) is 11.1 Å². The van der Waals surface area contributed by atoms with Crippen molar-refractivity contribution in [1.82, 2.24) is 0 Å². The van der Waals surface area contributed by atoms with Crippen LogP contribution in [0.1, 0.15) is 58.2 Å². The Morgan fingerprint density at radius 3 is 2.25 bits per heavy atom. The standard InChI is InChI=1S/C23H29NO2S2/c1-22(2,3)17-12-13-18(16(14-17)15-24-28(25)23(4,5)6)19-10-8-9-11-20(19)21(27)26-7/h8-15H,1-7H3/b24-15+. The normalized spacial score (nSPS) is 13.6. The second-order valence-electron chi connectivity index (χ2n) is 8.69. The molecule has 1 atom stereocenters. The molecule has 2 rings (SSSR count). The van der Waals surface area contributed by atoms with E-state index in [0.29, 0.717) is 5.05 Å². The van der Waals surface area contributed by atoms with Crippen LogP contribution in [-0.2, 0) is 21.5 Å². The van der Waals surface area contributed by atoms with E-state index in [2.05, 4.69) is 43.4 Å². The minimum Gasteiger partial charge on any atom is -0.591 e. The smallest absolute Gasteiger partial charge is 0.191 e. The summed E-state index contributed by atoms with van der Waals surface area (Å²) < 4.78 is 21.7. The molecule has 0 saturated heterocycles. The SMILES string of the molecule is COC(=S)c1ccccc1-c1ccc(C(C)(C)C)cc1/C=N/[S+]([O-])C(C)(C)C. The van der Waals surface area contributed by atoms with Gasteiger partial charge in [-0.25, -0.2) is 0 Å². The average Bonchev–Trinajstić information content (AvgIpc) is 2.63. The summed E-state index contributed by atoms with van der Waals surface area (Å²) in [6, 6.07) is 14.2. The van der Waals surface area contributed by atoms with Crippen LogP contribution < -0.4 is 0 Å². The molecule has 0 amide bonds. The van der Waals surface area contributed by atoms with Crippen molar-refractivity contribution in [3.63, 3.8) is 0 Å². The summed E-state index contributed by atoms with van der Waals surface area (Å²) in [4.78, 5) is 0. The van der Waals surface area contributed by atoms with E-state index in [1.165, 1.54) is 5.56 Å². The minimum atomic E-state index is -1.33. The Kier molecular flexibility index (Phi) is 7.07. The highest BCUT2D eigenvalue weighted by Crippen LogP contribution is 2.32. The maximum Gasteiger partial charge on any atom is 0.191 e. The minimum absolute atomic E-state index is 0.00829. The summed E-state index contributed by atoms with van der Waals surface area (Å²) in [6.07, 6.45) is 1.72. The fourth-order valence-corrected chi connectivity index (χ4v) is 3.35. The first kappa shape index (κ1) is 22.6. The third-order valence-electron chi connectivity index (χ3n) is 4.35. The molecule has 0 radical (unpaired) electrons. The number of nitrogens with zero attached hydrogens (tertiary/aromatic N) is 1. The second-order valence-corrected chi connectivity index (χ2v) is 11.0. The molecule has 1 unspecified atom stereocenters. The first-order valence-electron chi connectivity index (χ1n) is 9.23. The fraction of sp³-hybridized carbons (Fsp3) is 0.391. The van der Waals surface area contributed by atoms with Gasteiger partial charge in [-0.3, -0.25) is 0 Å². The van der Waals surface area contributed by atoms with Crippen LogP contribution in [0.2, 0.25) is 0 Å². The van der Waals surface area contributed by atoms with Gasteiger partial charge in [0.15, 0.2) is 5.05 Å². The summed E-state index contributed by atoms with van der Waals surface area (Å²) in [5.41, 5.74) is 4.90. The Morgan fingerprint density at radius 1 is 1.04 bits per heavy atom. The molecule has 3 nitrogen and oxygen atoms in total. The van der Waals surface area contributed by atoms with Gasteiger partial charge in [-0.1, -0.05) is 55.5 Å². The van der Waals surface area contributed by atoms with E-state index < -0.39 is 16.1 Å². The lowest BCUT2D eigenvalue weighted by Gasteiger charge is -2.22. The zero-order valence-electron chi connectivity index (χ0n) is 17.7. The second kappa shape index (κ2) is 8.76. The molecule has 28 heavy (non-hydrogen) atoms. The molecule has 0 aliphatic heterocycles. The third kappa shape index (κ3) is 5.43. The molecule has 150 valence electrons. The maximum absolute atomic E-state index is 12.5. The van der Waals surface area contributed by atoms with Gasteiger partial charge in [0.1, 0.15) is 16.1 Å². The van der Waals surface area contributed by atoms with Gasteiger partial charge >= 0.3 is 0 Å². The van der Waals surface area contributed by atoms with Gasteiger partial charge in [0.2, 0.25) is 0 Å². The number of benzene rings is 2. The topological polar surface area (TPSA) is 44.6 Å². The van der Waals surface area contributed by atoms with Gasteiger partial charge in [-0.2, -0.15) is 0 Å². The third-order valence-corrected chi connectivity index (χ3v) is 6.08. The lowest BCUT2D eigenvalue weighted by atomic mass is 9.84. The number of rotatable bonds is 4. The molecule has 0 saturated carbocycles. The molecule has 0 fully saturated rings. The number of hydrogen-bond donors (Lipinski definition) is 0. The molecule has 5 heteroatoms. The molecule has 0 spiro atoms. The molecule has 0 aliphatic rings. The summed E-state index contributed by atoms with van der Waals surface area (Å²) in [5.74, 6) is 0. The summed E-state index contributed by atoms with van der Waals surface area (Å²) in [7, 11) is 1.58. The monoisotopic (exact) mass is 415 g/mol. The predicted molar refractivity (Wildman–Crippen MR) is 125 cm³/mol. The molecular formula is C23H29NO2S2. The van der Waals surface area contributed by atoms with Crippen LogP contribution in [0.4, 0.5) is 0 Å². The van der Waals surface area contributed by atoms with Gasteiger partial charge in [0.25, 0.3) is 0 Å². The van der Waals surface area contributed by atoms with Crippen LogP contribution in [0.15, 0.2) is 46.9 Å². The van der Waals surface area contributed by atoms with Crippen molar-refractivity contribution in [2.75, 3.05) is 7.11 Å². The van der Waals surface area contributed by atoms with Crippen LogP contribution in [0.25, 0.3) is 11.1 Å². The molecular weight excluding hydrogens is 386 g/mol. The molecule has 0 bridgehead atoms. The Hall–Kier alpha value is -1.69. The van der Waals surface area contributed by atoms with Crippen molar-refractivity contribution in [3.05, 3.63) is 59.2 Å². The molecule has 0 aliphatic carbocycles. The van der Waals surface area contributed by atoms with Crippen molar-refractivity contribution in [2.24, 2.45) is 4.40 Å². The van der Waals surface area contributed by atoms with Crippen molar-refractivity contribution in [3.8, 4) is 11.1 Å². The maximum atomic E-state index is 12.5. The lowest BCUT2D eigenvalue weighted by molar-refractivity contribution is 0.416. The Morgan fingerprint density at radius 2 is 1.68 bits per heavy atom. The van der Waals surface area contributed by atoms with Crippen LogP contribution in [0.5, 0.6) is 0 Å². The largest absolute Gasteiger partial charge is 0.591 e. The van der Waals surface area contributed by atoms with Gasteiger partial charge in [0.05, 0.1) is 13.3 Å².